The molecule has 0 bridgehead atoms. The summed E-state index contributed by atoms with van der Waals surface area (Å²) in [6.45, 7) is 7.13. The molecule has 4 heteroatoms. The molecule has 0 spiro atoms. The quantitative estimate of drug-likeness (QED) is 0.499. The average Bonchev–Trinajstić information content (AvgIpc) is 2.60. The van der Waals surface area contributed by atoms with E-state index >= 15 is 0 Å². The van der Waals surface area contributed by atoms with Crippen molar-refractivity contribution in [1.29, 1.82) is 0 Å². The summed E-state index contributed by atoms with van der Waals surface area (Å²) in [4.78, 5) is 6.63. The van der Waals surface area contributed by atoms with E-state index in [4.69, 9.17) is 0 Å². The van der Waals surface area contributed by atoms with Gasteiger partial charge >= 0.3 is 0 Å². The third-order valence-corrected chi connectivity index (χ3v) is 9.05. The third kappa shape index (κ3) is 2.24. The smallest absolute Gasteiger partial charge is 0.286 e. The summed E-state index contributed by atoms with van der Waals surface area (Å²) in [5.74, 6) is 0. The predicted octanol–water partition coefficient (Wildman–Crippen LogP) is 2.79. The summed E-state index contributed by atoms with van der Waals surface area (Å²) in [7, 11) is 2.53. The normalized spacial score (nSPS) is 14.8. The Morgan fingerprint density at radius 1 is 1.00 bits per heavy atom. The van der Waals surface area contributed by atoms with Gasteiger partial charge in [0.1, 0.15) is 20.0 Å². The van der Waals surface area contributed by atoms with Crippen molar-refractivity contribution < 1.29 is 4.57 Å². The molecule has 4 rings (SSSR count). The van der Waals surface area contributed by atoms with Gasteiger partial charge in [-0.2, -0.15) is 0 Å². The molecular formula is C21H24N3Si+. The third-order valence-electron chi connectivity index (χ3n) is 5.53. The van der Waals surface area contributed by atoms with Crippen LogP contribution in [0.5, 0.6) is 0 Å². The van der Waals surface area contributed by atoms with Crippen molar-refractivity contribution in [2.24, 2.45) is 7.05 Å². The largest absolute Gasteiger partial charge is 0.344 e. The first-order valence-electron chi connectivity index (χ1n) is 8.70. The van der Waals surface area contributed by atoms with Crippen molar-refractivity contribution in [1.82, 2.24) is 4.98 Å². The van der Waals surface area contributed by atoms with Gasteiger partial charge in [-0.25, -0.2) is 4.57 Å². The molecule has 0 saturated carbocycles. The highest BCUT2D eigenvalue weighted by Gasteiger charge is 2.38. The number of aryl methyl sites for hydroxylation is 2. The molecule has 0 atom stereocenters. The van der Waals surface area contributed by atoms with Crippen LogP contribution < -0.4 is 19.8 Å². The highest BCUT2D eigenvalue weighted by atomic mass is 28.3. The van der Waals surface area contributed by atoms with E-state index in [1.165, 1.54) is 38.6 Å². The Morgan fingerprint density at radius 3 is 2.52 bits per heavy atom. The fraction of sp³-hybridized carbons (Fsp3) is 0.238. The zero-order chi connectivity index (χ0) is 17.8. The number of anilines is 2. The molecule has 126 valence electrons. The Balaban J connectivity index is 2.09. The van der Waals surface area contributed by atoms with Gasteiger partial charge in [-0.05, 0) is 28.9 Å². The number of nitrogens with zero attached hydrogens (tertiary/aromatic N) is 3. The second-order valence-corrected chi connectivity index (χ2v) is 11.8. The highest BCUT2D eigenvalue weighted by molar-refractivity contribution is 7.02. The van der Waals surface area contributed by atoms with Crippen LogP contribution in [0.4, 0.5) is 11.4 Å². The summed E-state index contributed by atoms with van der Waals surface area (Å²) in [6.07, 6.45) is 3.76. The monoisotopic (exact) mass is 346 g/mol. The second kappa shape index (κ2) is 5.53. The Bertz CT molecular complexity index is 979. The maximum atomic E-state index is 4.25. The van der Waals surface area contributed by atoms with Crippen molar-refractivity contribution in [3.8, 4) is 11.3 Å². The Kier molecular flexibility index (Phi) is 3.54. The number of fused-ring (bicyclic) bond motifs is 2. The van der Waals surface area contributed by atoms with E-state index in [0.29, 0.717) is 0 Å². The first kappa shape index (κ1) is 16.0. The van der Waals surface area contributed by atoms with Crippen molar-refractivity contribution in [3.05, 3.63) is 60.6 Å². The minimum absolute atomic E-state index is 1.21. The zero-order valence-electron chi connectivity index (χ0n) is 15.5. The minimum atomic E-state index is -1.74. The molecule has 1 aromatic heterocycles. The average molecular weight is 347 g/mol. The number of hydrogen-bond acceptors (Lipinski definition) is 2. The van der Waals surface area contributed by atoms with Gasteiger partial charge in [0.25, 0.3) is 6.33 Å². The summed E-state index contributed by atoms with van der Waals surface area (Å²) in [5.41, 5.74) is 6.53. The Hall–Kier alpha value is -2.46. The summed E-state index contributed by atoms with van der Waals surface area (Å²) >= 11 is 0. The molecule has 2 heterocycles. The van der Waals surface area contributed by atoms with E-state index in [1.807, 2.05) is 12.5 Å². The van der Waals surface area contributed by atoms with Crippen LogP contribution in [-0.4, -0.2) is 20.1 Å². The van der Waals surface area contributed by atoms with Crippen LogP contribution in [0.25, 0.3) is 11.3 Å². The lowest BCUT2D eigenvalue weighted by molar-refractivity contribution is -0.663. The zero-order valence-corrected chi connectivity index (χ0v) is 16.5. The number of rotatable bonds is 1. The van der Waals surface area contributed by atoms with Crippen LogP contribution in [0.3, 0.4) is 0 Å². The van der Waals surface area contributed by atoms with Gasteiger partial charge in [-0.3, -0.25) is 0 Å². The van der Waals surface area contributed by atoms with Crippen LogP contribution in [0.1, 0.15) is 5.56 Å². The summed E-state index contributed by atoms with van der Waals surface area (Å²) in [6, 6.07) is 15.6. The van der Waals surface area contributed by atoms with Gasteiger partial charge in [-0.1, -0.05) is 48.4 Å². The molecule has 3 nitrogen and oxygen atoms in total. The number of hydrogen-bond donors (Lipinski definition) is 0. The fourth-order valence-electron chi connectivity index (χ4n) is 4.12. The van der Waals surface area contributed by atoms with Gasteiger partial charge in [0.15, 0.2) is 0 Å². The Morgan fingerprint density at radius 2 is 1.76 bits per heavy atom. The second-order valence-electron chi connectivity index (χ2n) is 7.43. The topological polar surface area (TPSA) is 20.0 Å². The first-order chi connectivity index (χ1) is 11.9. The SMILES string of the molecule is Cc1ccc2c(c1-c1ccnc[n+]1C)N(C)c1ccccc1[Si]2(C)C. The van der Waals surface area contributed by atoms with Gasteiger partial charge < -0.3 is 4.90 Å². The van der Waals surface area contributed by atoms with Crippen LogP contribution in [0.2, 0.25) is 13.1 Å². The van der Waals surface area contributed by atoms with Crippen LogP contribution in [0.15, 0.2) is 55.0 Å². The number of benzene rings is 2. The summed E-state index contributed by atoms with van der Waals surface area (Å²) < 4.78 is 2.12. The van der Waals surface area contributed by atoms with E-state index in [0.717, 1.165) is 0 Å². The van der Waals surface area contributed by atoms with Gasteiger partial charge in [0.2, 0.25) is 0 Å². The fourth-order valence-corrected chi connectivity index (χ4v) is 7.20. The maximum absolute atomic E-state index is 4.25. The molecule has 0 N–H and O–H groups in total. The molecule has 0 unspecified atom stereocenters. The minimum Gasteiger partial charge on any atom is -0.344 e. The lowest BCUT2D eigenvalue weighted by Gasteiger charge is -2.40. The molecule has 3 aromatic rings. The van der Waals surface area contributed by atoms with Crippen LogP contribution in [0, 0.1) is 6.92 Å². The van der Waals surface area contributed by atoms with Crippen LogP contribution in [-0.2, 0) is 7.05 Å². The number of para-hydroxylation sites is 1. The molecular weight excluding hydrogens is 322 g/mol. The highest BCUT2D eigenvalue weighted by Crippen LogP contribution is 2.38. The first-order valence-corrected chi connectivity index (χ1v) is 11.7. The molecule has 1 aliphatic rings. The van der Waals surface area contributed by atoms with Crippen molar-refractivity contribution in [2.45, 2.75) is 20.0 Å². The van der Waals surface area contributed by atoms with E-state index < -0.39 is 8.07 Å². The van der Waals surface area contributed by atoms with E-state index in [-0.39, 0.29) is 0 Å². The van der Waals surface area contributed by atoms with E-state index in [9.17, 15) is 0 Å². The molecule has 0 radical (unpaired) electrons. The summed E-state index contributed by atoms with van der Waals surface area (Å²) in [5, 5.41) is 3.02. The molecule has 0 saturated heterocycles. The van der Waals surface area contributed by atoms with Crippen LogP contribution >= 0.6 is 0 Å². The van der Waals surface area contributed by atoms with Gasteiger partial charge in [0, 0.05) is 24.4 Å². The molecule has 0 aliphatic carbocycles. The molecule has 0 amide bonds. The predicted molar refractivity (Wildman–Crippen MR) is 107 cm³/mol. The molecule has 2 aromatic carbocycles. The Labute approximate surface area is 150 Å². The maximum Gasteiger partial charge on any atom is 0.286 e. The molecule has 25 heavy (non-hydrogen) atoms. The van der Waals surface area contributed by atoms with Crippen molar-refractivity contribution in [2.75, 3.05) is 11.9 Å². The lowest BCUT2D eigenvalue weighted by Crippen LogP contribution is -2.59. The van der Waals surface area contributed by atoms with Crippen molar-refractivity contribution in [3.63, 3.8) is 0 Å². The van der Waals surface area contributed by atoms with E-state index in [2.05, 4.69) is 91.0 Å². The van der Waals surface area contributed by atoms with Crippen molar-refractivity contribution >= 4 is 29.8 Å². The lowest BCUT2D eigenvalue weighted by atomic mass is 10.0. The molecule has 1 aliphatic heterocycles. The van der Waals surface area contributed by atoms with E-state index in [1.54, 1.807) is 0 Å². The standard InChI is InChI=1S/C21H24N3Si/c1-15-10-11-19-21(20(15)17-12-13-22-14-23(17)2)24(3)16-8-6-7-9-18(16)25(19,4)5/h6-14H,1-5H3/q+1. The van der Waals surface area contributed by atoms with Gasteiger partial charge in [-0.15, -0.1) is 0 Å². The number of aromatic nitrogens is 2. The molecule has 0 fully saturated rings. The van der Waals surface area contributed by atoms with Gasteiger partial charge in [0.05, 0.1) is 12.7 Å².